The van der Waals surface area contributed by atoms with Crippen molar-refractivity contribution < 1.29 is 17.9 Å². The third-order valence-corrected chi connectivity index (χ3v) is 6.30. The number of halogens is 1. The van der Waals surface area contributed by atoms with Gasteiger partial charge in [-0.1, -0.05) is 0 Å². The predicted molar refractivity (Wildman–Crippen MR) is 77.7 cm³/mol. The van der Waals surface area contributed by atoms with Crippen molar-refractivity contribution in [2.24, 2.45) is 0 Å². The number of sulfonamides is 1. The maximum Gasteiger partial charge on any atom is 0.240 e. The Hall–Kier alpha value is -0.630. The van der Waals surface area contributed by atoms with Gasteiger partial charge in [0.2, 0.25) is 10.0 Å². The summed E-state index contributed by atoms with van der Waals surface area (Å²) in [6.07, 6.45) is 2.10. The van der Waals surface area contributed by atoms with Crippen LogP contribution in [0.4, 0.5) is 4.39 Å². The summed E-state index contributed by atoms with van der Waals surface area (Å²) >= 11 is 1.75. The summed E-state index contributed by atoms with van der Waals surface area (Å²) in [5.41, 5.74) is 0.331. The molecule has 1 unspecified atom stereocenters. The highest BCUT2D eigenvalue weighted by Crippen LogP contribution is 2.26. The first-order chi connectivity index (χ1) is 9.44. The first-order valence-corrected chi connectivity index (χ1v) is 8.98. The van der Waals surface area contributed by atoms with E-state index in [1.54, 1.807) is 11.8 Å². The molecular formula is C13H18FNO3S2. The molecule has 0 bridgehead atoms. The Labute approximate surface area is 122 Å². The molecule has 112 valence electrons. The van der Waals surface area contributed by atoms with E-state index in [1.165, 1.54) is 13.0 Å². The van der Waals surface area contributed by atoms with Crippen LogP contribution in [0.2, 0.25) is 0 Å². The summed E-state index contributed by atoms with van der Waals surface area (Å²) < 4.78 is 40.8. The van der Waals surface area contributed by atoms with Gasteiger partial charge in [0.05, 0.1) is 11.5 Å². The molecule has 0 aromatic heterocycles. The molecule has 0 spiro atoms. The minimum absolute atomic E-state index is 0.0776. The maximum atomic E-state index is 13.7. The molecule has 1 aliphatic rings. The standard InChI is InChI=1S/C13H18FNO3S2/c1-9-12(14)5-10(8-16)6-13(9)20(17,18)15-7-11-3-2-4-19-11/h5-6,11,15-16H,2-4,7-8H2,1H3. The average molecular weight is 319 g/mol. The van der Waals surface area contributed by atoms with Crippen molar-refractivity contribution in [1.82, 2.24) is 4.72 Å². The van der Waals surface area contributed by atoms with E-state index in [0.29, 0.717) is 6.54 Å². The van der Waals surface area contributed by atoms with E-state index in [1.807, 2.05) is 0 Å². The zero-order chi connectivity index (χ0) is 14.8. The van der Waals surface area contributed by atoms with Gasteiger partial charge in [-0.2, -0.15) is 11.8 Å². The fourth-order valence-electron chi connectivity index (χ4n) is 2.16. The summed E-state index contributed by atoms with van der Waals surface area (Å²) in [6.45, 7) is 1.39. The molecule has 20 heavy (non-hydrogen) atoms. The van der Waals surface area contributed by atoms with Crippen LogP contribution in [0.25, 0.3) is 0 Å². The first-order valence-electron chi connectivity index (χ1n) is 6.45. The molecule has 2 N–H and O–H groups in total. The number of hydrogen-bond donors (Lipinski definition) is 2. The molecule has 1 aromatic rings. The number of aliphatic hydroxyl groups is 1. The fraction of sp³-hybridized carbons (Fsp3) is 0.538. The van der Waals surface area contributed by atoms with Crippen LogP contribution in [0.3, 0.4) is 0 Å². The monoisotopic (exact) mass is 319 g/mol. The molecule has 1 fully saturated rings. The number of hydrogen-bond acceptors (Lipinski definition) is 4. The summed E-state index contributed by atoms with van der Waals surface area (Å²) in [5, 5.41) is 9.35. The molecule has 1 aliphatic heterocycles. The van der Waals surface area contributed by atoms with Gasteiger partial charge < -0.3 is 5.11 Å². The van der Waals surface area contributed by atoms with E-state index in [2.05, 4.69) is 4.72 Å². The van der Waals surface area contributed by atoms with Gasteiger partial charge in [-0.15, -0.1) is 0 Å². The Morgan fingerprint density at radius 1 is 1.50 bits per heavy atom. The molecular weight excluding hydrogens is 301 g/mol. The SMILES string of the molecule is Cc1c(F)cc(CO)cc1S(=O)(=O)NCC1CCCS1. The lowest BCUT2D eigenvalue weighted by molar-refractivity contribution is 0.281. The largest absolute Gasteiger partial charge is 0.392 e. The van der Waals surface area contributed by atoms with Gasteiger partial charge in [0, 0.05) is 17.4 Å². The Bertz CT molecular complexity index is 584. The van der Waals surface area contributed by atoms with Gasteiger partial charge >= 0.3 is 0 Å². The predicted octanol–water partition coefficient (Wildman–Crippen LogP) is 1.80. The molecule has 4 nitrogen and oxygen atoms in total. The molecule has 0 amide bonds. The second kappa shape index (κ2) is 6.43. The lowest BCUT2D eigenvalue weighted by Crippen LogP contribution is -2.30. The topological polar surface area (TPSA) is 66.4 Å². The summed E-state index contributed by atoms with van der Waals surface area (Å²) in [4.78, 5) is -0.0930. The average Bonchev–Trinajstić information content (AvgIpc) is 2.92. The highest BCUT2D eigenvalue weighted by molar-refractivity contribution is 8.00. The van der Waals surface area contributed by atoms with Crippen LogP contribution in [-0.2, 0) is 16.6 Å². The van der Waals surface area contributed by atoms with Crippen molar-refractivity contribution in [2.45, 2.75) is 36.5 Å². The summed E-state index contributed by atoms with van der Waals surface area (Å²) in [6, 6.07) is 2.48. The second-order valence-corrected chi connectivity index (χ2v) is 7.99. The summed E-state index contributed by atoms with van der Waals surface area (Å²) in [7, 11) is -3.75. The third kappa shape index (κ3) is 3.52. The van der Waals surface area contributed by atoms with E-state index in [-0.39, 0.29) is 21.3 Å². The minimum Gasteiger partial charge on any atom is -0.392 e. The smallest absolute Gasteiger partial charge is 0.240 e. The highest BCUT2D eigenvalue weighted by Gasteiger charge is 2.23. The highest BCUT2D eigenvalue weighted by atomic mass is 32.2. The van der Waals surface area contributed by atoms with Gasteiger partial charge in [-0.3, -0.25) is 0 Å². The van der Waals surface area contributed by atoms with Crippen LogP contribution in [0.1, 0.15) is 24.0 Å². The van der Waals surface area contributed by atoms with Crippen molar-refractivity contribution in [2.75, 3.05) is 12.3 Å². The Balaban J connectivity index is 2.21. The molecule has 2 rings (SSSR count). The lowest BCUT2D eigenvalue weighted by Gasteiger charge is -2.13. The third-order valence-electron chi connectivity index (χ3n) is 3.35. The van der Waals surface area contributed by atoms with Gasteiger partial charge in [-0.25, -0.2) is 17.5 Å². The van der Waals surface area contributed by atoms with E-state index in [4.69, 9.17) is 5.11 Å². The molecule has 1 aromatic carbocycles. The number of thioether (sulfide) groups is 1. The number of aliphatic hydroxyl groups excluding tert-OH is 1. The van der Waals surface area contributed by atoms with Crippen LogP contribution < -0.4 is 4.72 Å². The fourth-order valence-corrected chi connectivity index (χ4v) is 4.85. The first kappa shape index (κ1) is 15.8. The molecule has 0 radical (unpaired) electrons. The van der Waals surface area contributed by atoms with Gasteiger partial charge in [-0.05, 0) is 43.2 Å². The molecule has 1 heterocycles. The maximum absolute atomic E-state index is 13.7. The van der Waals surface area contributed by atoms with E-state index < -0.39 is 22.4 Å². The van der Waals surface area contributed by atoms with Crippen LogP contribution >= 0.6 is 11.8 Å². The minimum atomic E-state index is -3.75. The van der Waals surface area contributed by atoms with Gasteiger partial charge in [0.15, 0.2) is 0 Å². The van der Waals surface area contributed by atoms with E-state index in [9.17, 15) is 12.8 Å². The molecule has 7 heteroatoms. The van der Waals surface area contributed by atoms with Crippen molar-refractivity contribution >= 4 is 21.8 Å². The Morgan fingerprint density at radius 2 is 2.25 bits per heavy atom. The molecule has 0 saturated carbocycles. The van der Waals surface area contributed by atoms with E-state index in [0.717, 1.165) is 24.7 Å². The van der Waals surface area contributed by atoms with Gasteiger partial charge in [0.1, 0.15) is 5.82 Å². The van der Waals surface area contributed by atoms with Crippen molar-refractivity contribution in [1.29, 1.82) is 0 Å². The number of rotatable bonds is 5. The second-order valence-electron chi connectivity index (χ2n) is 4.85. The number of benzene rings is 1. The van der Waals surface area contributed by atoms with E-state index >= 15 is 0 Å². The lowest BCUT2D eigenvalue weighted by atomic mass is 10.1. The summed E-state index contributed by atoms with van der Waals surface area (Å²) in [5.74, 6) is 0.437. The quantitative estimate of drug-likeness (QED) is 0.868. The molecule has 0 aliphatic carbocycles. The number of nitrogens with one attached hydrogen (secondary N) is 1. The molecule has 1 saturated heterocycles. The Kier molecular flexibility index (Phi) is 5.06. The molecule has 1 atom stereocenters. The van der Waals surface area contributed by atoms with Crippen molar-refractivity contribution in [3.05, 3.63) is 29.1 Å². The van der Waals surface area contributed by atoms with Crippen LogP contribution in [0, 0.1) is 12.7 Å². The zero-order valence-electron chi connectivity index (χ0n) is 11.2. The van der Waals surface area contributed by atoms with Crippen molar-refractivity contribution in [3.8, 4) is 0 Å². The van der Waals surface area contributed by atoms with Crippen molar-refractivity contribution in [3.63, 3.8) is 0 Å². The normalized spacial score (nSPS) is 19.4. The van der Waals surface area contributed by atoms with Crippen LogP contribution in [0.5, 0.6) is 0 Å². The zero-order valence-corrected chi connectivity index (χ0v) is 12.9. The van der Waals surface area contributed by atoms with Crippen LogP contribution in [-0.4, -0.2) is 31.1 Å². The van der Waals surface area contributed by atoms with Crippen LogP contribution in [0.15, 0.2) is 17.0 Å². The Morgan fingerprint density at radius 3 is 2.85 bits per heavy atom. The van der Waals surface area contributed by atoms with Gasteiger partial charge in [0.25, 0.3) is 0 Å².